The van der Waals surface area contributed by atoms with Gasteiger partial charge in [0.25, 0.3) is 0 Å². The molecule has 2 N–H and O–H groups in total. The van der Waals surface area contributed by atoms with Gasteiger partial charge in [0.2, 0.25) is 10.0 Å². The quantitative estimate of drug-likeness (QED) is 0.170. The van der Waals surface area contributed by atoms with Crippen molar-refractivity contribution in [2.75, 3.05) is 18.8 Å². The third-order valence-electron chi connectivity index (χ3n) is 5.21. The van der Waals surface area contributed by atoms with Gasteiger partial charge in [-0.1, -0.05) is 78.1 Å². The Kier molecular flexibility index (Phi) is 13.8. The van der Waals surface area contributed by atoms with Crippen molar-refractivity contribution in [2.45, 2.75) is 95.8 Å². The monoisotopic (exact) mass is 552 g/mol. The first-order valence-electron chi connectivity index (χ1n) is 11.1. The van der Waals surface area contributed by atoms with E-state index in [1.165, 1.54) is 51.4 Å². The molecule has 4 nitrogen and oxygen atoms in total. The molecule has 0 saturated carbocycles. The lowest BCUT2D eigenvalue weighted by atomic mass is 10.1. The summed E-state index contributed by atoms with van der Waals surface area (Å²) in [5.41, 5.74) is 6.46. The maximum absolute atomic E-state index is 13.3. The third-order valence-corrected chi connectivity index (χ3v) is 8.40. The SMILES string of the molecule is CCCCCCCCN(CCCCCCCC)S(=O)(=O)c1cc(Br)c(N)c(Br)c1. The number of hydrogen-bond acceptors (Lipinski definition) is 3. The number of rotatable bonds is 16. The van der Waals surface area contributed by atoms with Gasteiger partial charge in [-0.25, -0.2) is 8.42 Å². The van der Waals surface area contributed by atoms with E-state index in [4.69, 9.17) is 5.73 Å². The van der Waals surface area contributed by atoms with E-state index in [1.54, 1.807) is 16.4 Å². The van der Waals surface area contributed by atoms with E-state index < -0.39 is 10.0 Å². The number of sulfonamides is 1. The molecule has 0 aromatic heterocycles. The van der Waals surface area contributed by atoms with Gasteiger partial charge in [0.05, 0.1) is 10.6 Å². The lowest BCUT2D eigenvalue weighted by Gasteiger charge is -2.23. The van der Waals surface area contributed by atoms with Crippen LogP contribution in [-0.4, -0.2) is 25.8 Å². The van der Waals surface area contributed by atoms with Gasteiger partial charge in [-0.2, -0.15) is 4.31 Å². The largest absolute Gasteiger partial charge is 0.397 e. The molecule has 1 aromatic carbocycles. The highest BCUT2D eigenvalue weighted by molar-refractivity contribution is 9.11. The van der Waals surface area contributed by atoms with E-state index in [0.717, 1.165) is 25.7 Å². The number of anilines is 1. The van der Waals surface area contributed by atoms with E-state index in [-0.39, 0.29) is 0 Å². The third kappa shape index (κ3) is 9.70. The second-order valence-electron chi connectivity index (χ2n) is 7.74. The van der Waals surface area contributed by atoms with Crippen LogP contribution in [0.25, 0.3) is 0 Å². The van der Waals surface area contributed by atoms with Crippen LogP contribution in [0.2, 0.25) is 0 Å². The molecule has 0 radical (unpaired) electrons. The molecular formula is C22H38Br2N2O2S. The molecule has 7 heteroatoms. The van der Waals surface area contributed by atoms with Crippen molar-refractivity contribution in [2.24, 2.45) is 0 Å². The zero-order valence-corrected chi connectivity index (χ0v) is 22.0. The van der Waals surface area contributed by atoms with Crippen molar-refractivity contribution < 1.29 is 8.42 Å². The normalized spacial score (nSPS) is 12.0. The van der Waals surface area contributed by atoms with Crippen molar-refractivity contribution >= 4 is 47.6 Å². The Hall–Kier alpha value is -0.110. The molecule has 1 aromatic rings. The Morgan fingerprint density at radius 2 is 1.14 bits per heavy atom. The van der Waals surface area contributed by atoms with Crippen LogP contribution in [0.15, 0.2) is 26.0 Å². The molecule has 0 bridgehead atoms. The van der Waals surface area contributed by atoms with E-state index in [0.29, 0.717) is 32.6 Å². The molecule has 29 heavy (non-hydrogen) atoms. The minimum absolute atomic E-state index is 0.294. The molecule has 0 amide bonds. The summed E-state index contributed by atoms with van der Waals surface area (Å²) in [6.45, 7) is 5.58. The van der Waals surface area contributed by atoms with Gasteiger partial charge in [-0.15, -0.1) is 0 Å². The molecule has 0 aliphatic rings. The minimum atomic E-state index is -3.54. The van der Waals surface area contributed by atoms with Crippen molar-refractivity contribution in [1.82, 2.24) is 4.31 Å². The molecule has 0 atom stereocenters. The number of nitrogens with zero attached hydrogens (tertiary/aromatic N) is 1. The van der Waals surface area contributed by atoms with Gasteiger partial charge in [0.1, 0.15) is 0 Å². The second-order valence-corrected chi connectivity index (χ2v) is 11.4. The van der Waals surface area contributed by atoms with Gasteiger partial charge < -0.3 is 5.73 Å². The average molecular weight is 554 g/mol. The molecule has 0 spiro atoms. The van der Waals surface area contributed by atoms with Gasteiger partial charge in [0.15, 0.2) is 0 Å². The molecule has 0 aliphatic carbocycles. The van der Waals surface area contributed by atoms with Gasteiger partial charge in [-0.05, 0) is 56.8 Å². The highest BCUT2D eigenvalue weighted by Crippen LogP contribution is 2.32. The van der Waals surface area contributed by atoms with Gasteiger partial charge in [0, 0.05) is 22.0 Å². The Labute approximate surface area is 195 Å². The maximum atomic E-state index is 13.3. The minimum Gasteiger partial charge on any atom is -0.397 e. The van der Waals surface area contributed by atoms with Crippen LogP contribution >= 0.6 is 31.9 Å². The Bertz CT molecular complexity index is 657. The van der Waals surface area contributed by atoms with E-state index in [1.807, 2.05) is 0 Å². The van der Waals surface area contributed by atoms with Crippen LogP contribution < -0.4 is 5.73 Å². The smallest absolute Gasteiger partial charge is 0.243 e. The zero-order valence-electron chi connectivity index (χ0n) is 18.1. The summed E-state index contributed by atoms with van der Waals surface area (Å²) in [6, 6.07) is 3.23. The van der Waals surface area contributed by atoms with Crippen LogP contribution in [-0.2, 0) is 10.0 Å². The fourth-order valence-electron chi connectivity index (χ4n) is 3.35. The molecular weight excluding hydrogens is 516 g/mol. The Balaban J connectivity index is 2.78. The number of halogens is 2. The van der Waals surface area contributed by atoms with Crippen LogP contribution in [0.3, 0.4) is 0 Å². The number of hydrogen-bond donors (Lipinski definition) is 1. The van der Waals surface area contributed by atoms with Gasteiger partial charge >= 0.3 is 0 Å². The second kappa shape index (κ2) is 14.8. The lowest BCUT2D eigenvalue weighted by molar-refractivity contribution is 0.383. The van der Waals surface area contributed by atoms with Crippen LogP contribution in [0.1, 0.15) is 90.9 Å². The van der Waals surface area contributed by atoms with Crippen molar-refractivity contribution in [3.63, 3.8) is 0 Å². The standard InChI is InChI=1S/C22H38Br2N2O2S/c1-3-5-7-9-11-13-15-26(16-14-12-10-8-6-4-2)29(27,28)19-17-20(23)22(25)21(24)18-19/h17-18H,3-16,25H2,1-2H3. The fraction of sp³-hybridized carbons (Fsp3) is 0.727. The summed E-state index contributed by atoms with van der Waals surface area (Å²) in [7, 11) is -3.54. The molecule has 0 fully saturated rings. The molecule has 168 valence electrons. The number of nitrogen functional groups attached to an aromatic ring is 1. The summed E-state index contributed by atoms with van der Waals surface area (Å²) in [6.07, 6.45) is 13.8. The van der Waals surface area contributed by atoms with Crippen molar-refractivity contribution in [3.05, 3.63) is 21.1 Å². The summed E-state index contributed by atoms with van der Waals surface area (Å²) < 4.78 is 29.5. The first kappa shape index (κ1) is 26.9. The number of nitrogens with two attached hydrogens (primary N) is 1. The van der Waals surface area contributed by atoms with Crippen molar-refractivity contribution in [3.8, 4) is 0 Å². The molecule has 0 heterocycles. The Morgan fingerprint density at radius 1 is 0.759 bits per heavy atom. The molecule has 1 rings (SSSR count). The first-order chi connectivity index (χ1) is 13.8. The van der Waals surface area contributed by atoms with Crippen LogP contribution in [0.4, 0.5) is 5.69 Å². The number of benzene rings is 1. The number of unbranched alkanes of at least 4 members (excludes halogenated alkanes) is 10. The Morgan fingerprint density at radius 3 is 1.55 bits per heavy atom. The van der Waals surface area contributed by atoms with E-state index in [2.05, 4.69) is 45.7 Å². The summed E-state index contributed by atoms with van der Waals surface area (Å²) in [5, 5.41) is 0. The van der Waals surface area contributed by atoms with Crippen LogP contribution in [0.5, 0.6) is 0 Å². The molecule has 0 aliphatic heterocycles. The highest BCUT2D eigenvalue weighted by atomic mass is 79.9. The maximum Gasteiger partial charge on any atom is 0.243 e. The summed E-state index contributed by atoms with van der Waals surface area (Å²) >= 11 is 6.75. The molecule has 0 saturated heterocycles. The van der Waals surface area contributed by atoms with Gasteiger partial charge in [-0.3, -0.25) is 0 Å². The van der Waals surface area contributed by atoms with E-state index >= 15 is 0 Å². The zero-order chi connectivity index (χ0) is 21.7. The lowest BCUT2D eigenvalue weighted by Crippen LogP contribution is -2.33. The van der Waals surface area contributed by atoms with Crippen LogP contribution in [0, 0.1) is 0 Å². The first-order valence-corrected chi connectivity index (χ1v) is 14.1. The predicted octanol–water partition coefficient (Wildman–Crippen LogP) is 7.51. The fourth-order valence-corrected chi connectivity index (χ4v) is 6.41. The summed E-state index contributed by atoms with van der Waals surface area (Å²) in [5.74, 6) is 0. The van der Waals surface area contributed by atoms with E-state index in [9.17, 15) is 8.42 Å². The highest BCUT2D eigenvalue weighted by Gasteiger charge is 2.25. The summed E-state index contributed by atoms with van der Waals surface area (Å²) in [4.78, 5) is 0.294. The molecule has 0 unspecified atom stereocenters. The van der Waals surface area contributed by atoms with Crippen molar-refractivity contribution in [1.29, 1.82) is 0 Å². The predicted molar refractivity (Wildman–Crippen MR) is 132 cm³/mol. The topological polar surface area (TPSA) is 63.4 Å². The average Bonchev–Trinajstić information content (AvgIpc) is 2.69.